The van der Waals surface area contributed by atoms with Crippen LogP contribution in [0, 0.1) is 12.0 Å². The van der Waals surface area contributed by atoms with Gasteiger partial charge in [-0.25, -0.2) is 14.6 Å². The summed E-state index contributed by atoms with van der Waals surface area (Å²) < 4.78 is 10.0. The van der Waals surface area contributed by atoms with E-state index in [1.807, 2.05) is 49.9 Å². The maximum absolute atomic E-state index is 13.0. The molecule has 1 saturated heterocycles. The van der Waals surface area contributed by atoms with E-state index in [9.17, 15) is 4.79 Å². The number of ether oxygens (including phenoxy) is 1. The molecule has 4 heterocycles. The van der Waals surface area contributed by atoms with Gasteiger partial charge >= 0.3 is 6.09 Å². The first-order chi connectivity index (χ1) is 17.8. The van der Waals surface area contributed by atoms with Crippen LogP contribution in [0.15, 0.2) is 55.1 Å². The van der Waals surface area contributed by atoms with Crippen molar-refractivity contribution in [3.8, 4) is 11.3 Å². The minimum absolute atomic E-state index is 0.0608. The molecular formula is C28H29N7O2. The van der Waals surface area contributed by atoms with Gasteiger partial charge in [-0.2, -0.15) is 5.10 Å². The third kappa shape index (κ3) is 4.44. The van der Waals surface area contributed by atoms with Gasteiger partial charge in [-0.3, -0.25) is 14.6 Å². The van der Waals surface area contributed by atoms with Crippen molar-refractivity contribution in [2.45, 2.75) is 51.3 Å². The van der Waals surface area contributed by atoms with Crippen LogP contribution in [0.25, 0.3) is 27.1 Å². The van der Waals surface area contributed by atoms with Gasteiger partial charge in [0.1, 0.15) is 5.60 Å². The van der Waals surface area contributed by atoms with Gasteiger partial charge in [-0.15, -0.1) is 0 Å². The Bertz CT molecular complexity index is 1530. The molecule has 188 valence electrons. The number of hydrogen-bond acceptors (Lipinski definition) is 5. The second kappa shape index (κ2) is 8.73. The summed E-state index contributed by atoms with van der Waals surface area (Å²) in [5, 5.41) is 4.23. The van der Waals surface area contributed by atoms with Crippen molar-refractivity contribution in [1.82, 2.24) is 29.2 Å². The third-order valence-electron chi connectivity index (χ3n) is 7.65. The lowest BCUT2D eigenvalue weighted by Crippen LogP contribution is -2.44. The van der Waals surface area contributed by atoms with E-state index >= 15 is 0 Å². The summed E-state index contributed by atoms with van der Waals surface area (Å²) in [6.45, 7) is 11.4. The second-order valence-corrected chi connectivity index (χ2v) is 10.8. The standard InChI is InChI=1S/C28H29N7O2/c1-27(17-35-19-30-24-9-8-21(29-2)12-25(24)35)10-5-11-28(16-27)18-34(26(36)37-28)15-22-6-4-7-23(32-22)20-13-31-33(3)14-20/h4,6-9,12-14,19H,5,10-11,15-18H2,1,3H3/t27-,28+/m0/s1. The van der Waals surface area contributed by atoms with Gasteiger partial charge in [0, 0.05) is 25.4 Å². The van der Waals surface area contributed by atoms with Crippen LogP contribution >= 0.6 is 0 Å². The molecule has 0 N–H and O–H groups in total. The minimum atomic E-state index is -0.497. The highest BCUT2D eigenvalue weighted by atomic mass is 16.6. The van der Waals surface area contributed by atoms with Gasteiger partial charge in [0.2, 0.25) is 0 Å². The van der Waals surface area contributed by atoms with Gasteiger partial charge < -0.3 is 9.30 Å². The van der Waals surface area contributed by atoms with E-state index in [0.717, 1.165) is 60.2 Å². The molecule has 4 aromatic rings. The number of carbonyl (C=O) groups is 1. The average Bonchev–Trinajstić information content (AvgIpc) is 3.56. The molecule has 6 rings (SSSR count). The number of hydrogen-bond donors (Lipinski definition) is 0. The van der Waals surface area contributed by atoms with Gasteiger partial charge in [0.25, 0.3) is 0 Å². The highest BCUT2D eigenvalue weighted by Gasteiger charge is 2.51. The molecule has 2 atom stereocenters. The van der Waals surface area contributed by atoms with E-state index in [2.05, 4.69) is 26.4 Å². The topological polar surface area (TPSA) is 82.4 Å². The smallest absolute Gasteiger partial charge is 0.410 e. The maximum Gasteiger partial charge on any atom is 0.410 e. The molecular weight excluding hydrogens is 466 g/mol. The number of carbonyl (C=O) groups excluding carboxylic acids is 1. The zero-order chi connectivity index (χ0) is 25.6. The maximum atomic E-state index is 13.0. The molecule has 9 nitrogen and oxygen atoms in total. The molecule has 1 spiro atoms. The van der Waals surface area contributed by atoms with Crippen molar-refractivity contribution in [3.05, 3.63) is 72.2 Å². The van der Waals surface area contributed by atoms with Crippen LogP contribution < -0.4 is 0 Å². The minimum Gasteiger partial charge on any atom is -0.441 e. The largest absolute Gasteiger partial charge is 0.441 e. The van der Waals surface area contributed by atoms with Crippen LogP contribution in [0.3, 0.4) is 0 Å². The molecule has 0 radical (unpaired) electrons. The monoisotopic (exact) mass is 495 g/mol. The Hall–Kier alpha value is -4.19. The Morgan fingerprint density at radius 1 is 1.22 bits per heavy atom. The van der Waals surface area contributed by atoms with Gasteiger partial charge in [0.05, 0.1) is 54.6 Å². The number of aryl methyl sites for hydroxylation is 1. The summed E-state index contributed by atoms with van der Waals surface area (Å²) in [6, 6.07) is 11.5. The number of benzene rings is 1. The molecule has 0 unspecified atom stereocenters. The molecule has 3 aromatic heterocycles. The van der Waals surface area contributed by atoms with E-state index in [0.29, 0.717) is 18.8 Å². The van der Waals surface area contributed by atoms with E-state index in [-0.39, 0.29) is 11.5 Å². The molecule has 1 aliphatic heterocycles. The summed E-state index contributed by atoms with van der Waals surface area (Å²) in [7, 11) is 1.88. The van der Waals surface area contributed by atoms with Gasteiger partial charge in [0.15, 0.2) is 5.69 Å². The van der Waals surface area contributed by atoms with Gasteiger partial charge in [-0.05, 0) is 55.4 Å². The second-order valence-electron chi connectivity index (χ2n) is 10.8. The lowest BCUT2D eigenvalue weighted by Gasteiger charge is -2.43. The summed E-state index contributed by atoms with van der Waals surface area (Å²) in [4.78, 5) is 27.7. The van der Waals surface area contributed by atoms with Crippen LogP contribution in [0.2, 0.25) is 0 Å². The number of amides is 1. The average molecular weight is 496 g/mol. The number of rotatable bonds is 5. The zero-order valence-corrected chi connectivity index (χ0v) is 21.1. The first-order valence-electron chi connectivity index (χ1n) is 12.6. The molecule has 2 aliphatic rings. The van der Waals surface area contributed by atoms with Crippen molar-refractivity contribution in [2.75, 3.05) is 6.54 Å². The lowest BCUT2D eigenvalue weighted by molar-refractivity contribution is -0.0270. The highest BCUT2D eigenvalue weighted by molar-refractivity contribution is 5.79. The van der Waals surface area contributed by atoms with Crippen molar-refractivity contribution >= 4 is 22.8 Å². The van der Waals surface area contributed by atoms with Crippen molar-refractivity contribution in [3.63, 3.8) is 0 Å². The molecule has 1 aliphatic carbocycles. The Kier molecular flexibility index (Phi) is 5.48. The van der Waals surface area contributed by atoms with E-state index in [4.69, 9.17) is 16.3 Å². The fourth-order valence-corrected chi connectivity index (χ4v) is 6.09. The predicted molar refractivity (Wildman–Crippen MR) is 139 cm³/mol. The predicted octanol–water partition coefficient (Wildman–Crippen LogP) is 5.35. The quantitative estimate of drug-likeness (QED) is 0.349. The Morgan fingerprint density at radius 3 is 2.92 bits per heavy atom. The molecule has 1 amide bonds. The normalized spacial score (nSPS) is 23.5. The van der Waals surface area contributed by atoms with E-state index < -0.39 is 5.60 Å². The molecule has 2 fully saturated rings. The van der Waals surface area contributed by atoms with Crippen molar-refractivity contribution in [2.24, 2.45) is 12.5 Å². The summed E-state index contributed by atoms with van der Waals surface area (Å²) in [5.41, 5.74) is 4.53. The Labute approximate surface area is 215 Å². The van der Waals surface area contributed by atoms with Crippen molar-refractivity contribution in [1.29, 1.82) is 0 Å². The zero-order valence-electron chi connectivity index (χ0n) is 21.1. The number of nitrogens with zero attached hydrogens (tertiary/aromatic N) is 7. The molecule has 1 aromatic carbocycles. The molecule has 1 saturated carbocycles. The number of fused-ring (bicyclic) bond motifs is 1. The highest BCUT2D eigenvalue weighted by Crippen LogP contribution is 2.47. The van der Waals surface area contributed by atoms with Gasteiger partial charge in [-0.1, -0.05) is 19.1 Å². The number of aromatic nitrogens is 5. The lowest BCUT2D eigenvalue weighted by atomic mass is 9.68. The van der Waals surface area contributed by atoms with Crippen LogP contribution in [0.5, 0.6) is 0 Å². The third-order valence-corrected chi connectivity index (χ3v) is 7.65. The molecule has 37 heavy (non-hydrogen) atoms. The number of imidazole rings is 1. The number of pyridine rings is 1. The van der Waals surface area contributed by atoms with Crippen molar-refractivity contribution < 1.29 is 9.53 Å². The summed E-state index contributed by atoms with van der Waals surface area (Å²) in [6.07, 6.45) is 9.00. The summed E-state index contributed by atoms with van der Waals surface area (Å²) in [5.74, 6) is 0. The fraction of sp³-hybridized carbons (Fsp3) is 0.393. The first-order valence-corrected chi connectivity index (χ1v) is 12.6. The van der Waals surface area contributed by atoms with Crippen LogP contribution in [-0.4, -0.2) is 47.5 Å². The van der Waals surface area contributed by atoms with Crippen LogP contribution in [-0.2, 0) is 24.9 Å². The molecule has 9 heteroatoms. The first kappa shape index (κ1) is 23.2. The van der Waals surface area contributed by atoms with E-state index in [1.54, 1.807) is 21.8 Å². The Balaban J connectivity index is 1.19. The fourth-order valence-electron chi connectivity index (χ4n) is 6.09. The van der Waals surface area contributed by atoms with Crippen LogP contribution in [0.4, 0.5) is 10.5 Å². The Morgan fingerprint density at radius 2 is 2.11 bits per heavy atom. The van der Waals surface area contributed by atoms with E-state index in [1.165, 1.54) is 0 Å². The molecule has 0 bridgehead atoms. The van der Waals surface area contributed by atoms with Crippen LogP contribution in [0.1, 0.15) is 38.3 Å². The SMILES string of the molecule is [C-]#[N+]c1ccc2ncn(C[C@@]3(C)CCC[C@]4(CN(Cc5cccc(-c6cnn(C)c6)n5)C(=O)O4)C3)c2c1. The summed E-state index contributed by atoms with van der Waals surface area (Å²) >= 11 is 0.